The predicted molar refractivity (Wildman–Crippen MR) is 164 cm³/mol. The summed E-state index contributed by atoms with van der Waals surface area (Å²) < 4.78 is 36.6. The maximum Gasteiger partial charge on any atom is 0.335 e. The Bertz CT molecular complexity index is 1930. The molecule has 1 aliphatic heterocycles. The lowest BCUT2D eigenvalue weighted by Crippen LogP contribution is -2.42. The number of benzene rings is 2. The lowest BCUT2D eigenvalue weighted by atomic mass is 10.0. The summed E-state index contributed by atoms with van der Waals surface area (Å²) in [6.45, 7) is 4.24. The number of aromatic nitrogens is 4. The number of nitrogens with zero attached hydrogens (tertiary/aromatic N) is 5. The summed E-state index contributed by atoms with van der Waals surface area (Å²) in [5.74, 6) is -1.97. The molecule has 6 rings (SSSR count). The van der Waals surface area contributed by atoms with Crippen LogP contribution in [0.4, 0.5) is 14.5 Å². The monoisotopic (exact) mass is 630 g/mol. The maximum absolute atomic E-state index is 15.3. The van der Waals surface area contributed by atoms with Crippen molar-refractivity contribution < 1.29 is 23.1 Å². The average molecular weight is 631 g/mol. The molecule has 1 N–H and O–H groups in total. The van der Waals surface area contributed by atoms with Crippen molar-refractivity contribution in [3.05, 3.63) is 104 Å². The van der Waals surface area contributed by atoms with Gasteiger partial charge in [-0.25, -0.2) is 28.1 Å². The molecule has 1 fully saturated rings. The molecule has 0 bridgehead atoms. The van der Waals surface area contributed by atoms with E-state index in [-0.39, 0.29) is 40.4 Å². The SMILES string of the molecule is CC(C)n1cc(C(=O)Nc2ccc(Oc3ncnc4c3CCN(C(=O)C3CCCC3)C4)c(F)c2)c(=O)n(-c2ccc(F)cc2)c1=O. The number of nitrogens with one attached hydrogen (secondary N) is 1. The van der Waals surface area contributed by atoms with E-state index < -0.39 is 34.8 Å². The van der Waals surface area contributed by atoms with Gasteiger partial charge in [0.1, 0.15) is 17.7 Å². The maximum atomic E-state index is 15.3. The van der Waals surface area contributed by atoms with Gasteiger partial charge in [0.2, 0.25) is 11.8 Å². The number of halogens is 2. The summed E-state index contributed by atoms with van der Waals surface area (Å²) in [5.41, 5.74) is -0.497. The minimum atomic E-state index is -0.913. The minimum Gasteiger partial charge on any atom is -0.436 e. The van der Waals surface area contributed by atoms with Crippen molar-refractivity contribution in [2.24, 2.45) is 5.92 Å². The largest absolute Gasteiger partial charge is 0.436 e. The Labute approximate surface area is 262 Å². The third kappa shape index (κ3) is 6.04. The highest BCUT2D eigenvalue weighted by Gasteiger charge is 2.31. The fourth-order valence-electron chi connectivity index (χ4n) is 5.91. The molecule has 2 aliphatic rings. The molecular weight excluding hydrogens is 598 g/mol. The average Bonchev–Trinajstić information content (AvgIpc) is 3.58. The molecule has 0 saturated heterocycles. The number of hydrogen-bond donors (Lipinski definition) is 1. The van der Waals surface area contributed by atoms with Crippen molar-refractivity contribution in [1.29, 1.82) is 0 Å². The first kappa shape index (κ1) is 30.8. The number of hydrogen-bond acceptors (Lipinski definition) is 7. The highest BCUT2D eigenvalue weighted by atomic mass is 19.1. The molecule has 2 aromatic heterocycles. The van der Waals surface area contributed by atoms with Crippen LogP contribution in [0.3, 0.4) is 0 Å². The van der Waals surface area contributed by atoms with Crippen molar-refractivity contribution in [1.82, 2.24) is 24.0 Å². The van der Waals surface area contributed by atoms with Crippen LogP contribution in [-0.4, -0.2) is 42.4 Å². The molecule has 13 heteroatoms. The van der Waals surface area contributed by atoms with Crippen LogP contribution in [0.15, 0.2) is 64.6 Å². The minimum absolute atomic E-state index is 0.0377. The molecule has 1 saturated carbocycles. The first-order chi connectivity index (χ1) is 22.1. The van der Waals surface area contributed by atoms with Gasteiger partial charge < -0.3 is 15.0 Å². The fourth-order valence-corrected chi connectivity index (χ4v) is 5.91. The van der Waals surface area contributed by atoms with Crippen molar-refractivity contribution in [3.8, 4) is 17.3 Å². The zero-order chi connectivity index (χ0) is 32.5. The fraction of sp³-hybridized carbons (Fsp3) is 0.333. The van der Waals surface area contributed by atoms with Gasteiger partial charge in [0.05, 0.1) is 17.9 Å². The Balaban J connectivity index is 1.21. The van der Waals surface area contributed by atoms with Crippen LogP contribution >= 0.6 is 0 Å². The molecule has 0 radical (unpaired) electrons. The van der Waals surface area contributed by atoms with Crippen LogP contribution in [0.2, 0.25) is 0 Å². The van der Waals surface area contributed by atoms with E-state index in [9.17, 15) is 23.6 Å². The lowest BCUT2D eigenvalue weighted by Gasteiger charge is -2.30. The number of fused-ring (bicyclic) bond motifs is 1. The Morgan fingerprint density at radius 2 is 1.76 bits per heavy atom. The molecule has 2 amide bonds. The van der Waals surface area contributed by atoms with Crippen molar-refractivity contribution >= 4 is 17.5 Å². The standard InChI is InChI=1S/C33H32F2N6O5/c1-19(2)40-16-25(32(44)41(33(40)45)23-10-7-21(34)8-11-23)29(42)38-22-9-12-28(26(35)15-22)46-30-24-13-14-39(17-27(24)36-18-37-30)31(43)20-5-3-4-6-20/h7-12,15-16,18-20H,3-6,13-14,17H2,1-2H3,(H,38,42). The third-order valence-electron chi connectivity index (χ3n) is 8.38. The molecule has 46 heavy (non-hydrogen) atoms. The number of carbonyl (C=O) groups excluding carboxylic acids is 2. The number of amides is 2. The van der Waals surface area contributed by atoms with Crippen LogP contribution in [0.1, 0.15) is 67.2 Å². The molecule has 0 atom stereocenters. The molecule has 11 nitrogen and oxygen atoms in total. The summed E-state index contributed by atoms with van der Waals surface area (Å²) >= 11 is 0. The summed E-state index contributed by atoms with van der Waals surface area (Å²) in [4.78, 5) is 63.0. The molecule has 2 aromatic carbocycles. The van der Waals surface area contributed by atoms with Gasteiger partial charge in [0, 0.05) is 42.0 Å². The second-order valence-corrected chi connectivity index (χ2v) is 11.7. The van der Waals surface area contributed by atoms with E-state index in [4.69, 9.17) is 4.74 Å². The van der Waals surface area contributed by atoms with Crippen molar-refractivity contribution in [2.45, 2.75) is 58.5 Å². The van der Waals surface area contributed by atoms with Crippen molar-refractivity contribution in [2.75, 3.05) is 11.9 Å². The van der Waals surface area contributed by atoms with Gasteiger partial charge >= 0.3 is 5.69 Å². The van der Waals surface area contributed by atoms with Crippen LogP contribution in [0.25, 0.3) is 5.69 Å². The topological polar surface area (TPSA) is 128 Å². The van der Waals surface area contributed by atoms with Crippen molar-refractivity contribution in [3.63, 3.8) is 0 Å². The summed E-state index contributed by atoms with van der Waals surface area (Å²) in [5, 5.41) is 2.51. The van der Waals surface area contributed by atoms with E-state index in [1.54, 1.807) is 13.8 Å². The van der Waals surface area contributed by atoms with E-state index in [0.717, 1.165) is 54.6 Å². The predicted octanol–water partition coefficient (Wildman–Crippen LogP) is 4.77. The van der Waals surface area contributed by atoms with Crippen LogP contribution < -0.4 is 21.3 Å². The van der Waals surface area contributed by atoms with E-state index in [2.05, 4.69) is 15.3 Å². The zero-order valence-corrected chi connectivity index (χ0v) is 25.3. The second kappa shape index (κ2) is 12.7. The molecule has 4 aromatic rings. The van der Waals surface area contributed by atoms with E-state index in [1.165, 1.54) is 35.2 Å². The van der Waals surface area contributed by atoms with Crippen LogP contribution in [-0.2, 0) is 17.8 Å². The quantitative estimate of drug-likeness (QED) is 0.312. The Hall–Kier alpha value is -5.20. The summed E-state index contributed by atoms with van der Waals surface area (Å²) in [6.07, 6.45) is 6.90. The lowest BCUT2D eigenvalue weighted by molar-refractivity contribution is -0.136. The van der Waals surface area contributed by atoms with Crippen LogP contribution in [0.5, 0.6) is 11.6 Å². The Kier molecular flexibility index (Phi) is 8.48. The molecule has 238 valence electrons. The van der Waals surface area contributed by atoms with Gasteiger partial charge in [-0.2, -0.15) is 0 Å². The first-order valence-corrected chi connectivity index (χ1v) is 15.1. The number of rotatable bonds is 7. The van der Waals surface area contributed by atoms with Gasteiger partial charge in [0.15, 0.2) is 11.6 Å². The van der Waals surface area contributed by atoms with Crippen LogP contribution in [0, 0.1) is 17.6 Å². The number of carbonyl (C=O) groups is 2. The van der Waals surface area contributed by atoms with E-state index in [1.807, 2.05) is 4.90 Å². The summed E-state index contributed by atoms with van der Waals surface area (Å²) in [6, 6.07) is 8.09. The smallest absolute Gasteiger partial charge is 0.335 e. The van der Waals surface area contributed by atoms with Gasteiger partial charge in [0.25, 0.3) is 11.5 Å². The molecule has 0 unspecified atom stereocenters. The van der Waals surface area contributed by atoms with Gasteiger partial charge in [-0.05, 0) is 69.5 Å². The molecular formula is C33H32F2N6O5. The highest BCUT2D eigenvalue weighted by molar-refractivity contribution is 6.03. The molecule has 0 spiro atoms. The number of ether oxygens (including phenoxy) is 1. The third-order valence-corrected chi connectivity index (χ3v) is 8.38. The van der Waals surface area contributed by atoms with Gasteiger partial charge in [-0.3, -0.25) is 19.0 Å². The zero-order valence-electron chi connectivity index (χ0n) is 25.3. The number of anilines is 1. The normalized spacial score (nSPS) is 14.8. The highest BCUT2D eigenvalue weighted by Crippen LogP contribution is 2.33. The molecule has 3 heterocycles. The second-order valence-electron chi connectivity index (χ2n) is 11.7. The van der Waals surface area contributed by atoms with E-state index in [0.29, 0.717) is 30.8 Å². The van der Waals surface area contributed by atoms with E-state index >= 15 is 4.39 Å². The first-order valence-electron chi connectivity index (χ1n) is 15.1. The van der Waals surface area contributed by atoms with Gasteiger partial charge in [-0.15, -0.1) is 0 Å². The summed E-state index contributed by atoms with van der Waals surface area (Å²) in [7, 11) is 0. The molecule has 1 aliphatic carbocycles. The Morgan fingerprint density at radius 1 is 1.02 bits per heavy atom. The van der Waals surface area contributed by atoms with Gasteiger partial charge in [-0.1, -0.05) is 12.8 Å². The Morgan fingerprint density at radius 3 is 2.46 bits per heavy atom.